The first-order valence-electron chi connectivity index (χ1n) is 4.54. The van der Waals surface area contributed by atoms with Crippen LogP contribution in [0, 0.1) is 0 Å². The fourth-order valence-electron chi connectivity index (χ4n) is 1.30. The maximum absolute atomic E-state index is 11.0. The van der Waals surface area contributed by atoms with E-state index >= 15 is 0 Å². The molecule has 0 radical (unpaired) electrons. The Morgan fingerprint density at radius 1 is 1.33 bits per heavy atom. The number of carbonyl (C=O) groups excluding carboxylic acids is 1. The van der Waals surface area contributed by atoms with Gasteiger partial charge in [-0.1, -0.05) is 18.2 Å². The number of methoxy groups -OCH3 is 1. The number of allylic oxidation sites excluding steroid dienone is 1. The van der Waals surface area contributed by atoms with Gasteiger partial charge in [0.25, 0.3) is 0 Å². The molecule has 2 rings (SSSR count). The summed E-state index contributed by atoms with van der Waals surface area (Å²) in [5, 5.41) is 0. The van der Waals surface area contributed by atoms with Crippen molar-refractivity contribution in [2.24, 2.45) is 0 Å². The van der Waals surface area contributed by atoms with Gasteiger partial charge < -0.3 is 9.47 Å². The second kappa shape index (κ2) is 4.00. The molecule has 0 amide bonds. The summed E-state index contributed by atoms with van der Waals surface area (Å²) in [5.74, 6) is 0.810. The molecular formula is C12H10O3. The lowest BCUT2D eigenvalue weighted by Crippen LogP contribution is -2.03. The molecule has 0 aliphatic carbocycles. The summed E-state index contributed by atoms with van der Waals surface area (Å²) in [6, 6.07) is 7.61. The van der Waals surface area contributed by atoms with Crippen molar-refractivity contribution in [3.8, 4) is 5.75 Å². The van der Waals surface area contributed by atoms with E-state index in [0.717, 1.165) is 11.3 Å². The van der Waals surface area contributed by atoms with Crippen LogP contribution in [0.5, 0.6) is 5.75 Å². The van der Waals surface area contributed by atoms with Crippen LogP contribution < -0.4 is 4.74 Å². The molecule has 0 N–H and O–H groups in total. The molecule has 3 heteroatoms. The fourth-order valence-corrected chi connectivity index (χ4v) is 1.30. The van der Waals surface area contributed by atoms with Gasteiger partial charge in [0.05, 0.1) is 13.2 Å². The highest BCUT2D eigenvalue weighted by atomic mass is 16.5. The molecular weight excluding hydrogens is 192 g/mol. The van der Waals surface area contributed by atoms with Crippen molar-refractivity contribution in [3.63, 3.8) is 0 Å². The Bertz CT molecular complexity index is 444. The molecule has 1 aliphatic rings. The molecule has 0 atom stereocenters. The highest BCUT2D eigenvalue weighted by Gasteiger charge is 2.09. The van der Waals surface area contributed by atoms with Crippen molar-refractivity contribution >= 4 is 12.0 Å². The van der Waals surface area contributed by atoms with E-state index in [0.29, 0.717) is 5.76 Å². The SMILES string of the molecule is COC(=O)/C=C1/C=Cc2ccccc2O1. The Kier molecular flexibility index (Phi) is 2.54. The van der Waals surface area contributed by atoms with E-state index in [2.05, 4.69) is 4.74 Å². The summed E-state index contributed by atoms with van der Waals surface area (Å²) in [5.41, 5.74) is 1.000. The second-order valence-electron chi connectivity index (χ2n) is 3.04. The summed E-state index contributed by atoms with van der Waals surface area (Å²) in [7, 11) is 1.33. The molecule has 1 aliphatic heterocycles. The zero-order valence-electron chi connectivity index (χ0n) is 8.27. The molecule has 1 aromatic carbocycles. The van der Waals surface area contributed by atoms with E-state index in [-0.39, 0.29) is 0 Å². The zero-order chi connectivity index (χ0) is 10.7. The molecule has 3 nitrogen and oxygen atoms in total. The first kappa shape index (κ1) is 9.52. The van der Waals surface area contributed by atoms with Crippen molar-refractivity contribution in [1.29, 1.82) is 0 Å². The minimum atomic E-state index is -0.422. The third-order valence-corrected chi connectivity index (χ3v) is 2.04. The summed E-state index contributed by atoms with van der Waals surface area (Å²) >= 11 is 0. The zero-order valence-corrected chi connectivity index (χ0v) is 8.27. The van der Waals surface area contributed by atoms with Crippen LogP contribution in [-0.2, 0) is 9.53 Å². The van der Waals surface area contributed by atoms with Crippen molar-refractivity contribution in [2.75, 3.05) is 7.11 Å². The van der Waals surface area contributed by atoms with E-state index < -0.39 is 5.97 Å². The number of hydrogen-bond donors (Lipinski definition) is 0. The molecule has 0 saturated carbocycles. The van der Waals surface area contributed by atoms with Gasteiger partial charge in [-0.25, -0.2) is 4.79 Å². The normalized spacial score (nSPS) is 15.7. The topological polar surface area (TPSA) is 35.5 Å². The van der Waals surface area contributed by atoms with Crippen LogP contribution >= 0.6 is 0 Å². The molecule has 1 aromatic rings. The van der Waals surface area contributed by atoms with Crippen LogP contribution in [0.4, 0.5) is 0 Å². The van der Waals surface area contributed by atoms with E-state index in [1.54, 1.807) is 6.08 Å². The van der Waals surface area contributed by atoms with Gasteiger partial charge in [-0.3, -0.25) is 0 Å². The number of rotatable bonds is 1. The van der Waals surface area contributed by atoms with Gasteiger partial charge in [-0.2, -0.15) is 0 Å². The van der Waals surface area contributed by atoms with E-state index in [4.69, 9.17) is 4.74 Å². The molecule has 0 spiro atoms. The maximum Gasteiger partial charge on any atom is 0.334 e. The first-order valence-corrected chi connectivity index (χ1v) is 4.54. The number of fused-ring (bicyclic) bond motifs is 1. The van der Waals surface area contributed by atoms with Crippen molar-refractivity contribution in [3.05, 3.63) is 47.7 Å². The monoisotopic (exact) mass is 202 g/mol. The van der Waals surface area contributed by atoms with Gasteiger partial charge >= 0.3 is 5.97 Å². The molecule has 76 valence electrons. The van der Waals surface area contributed by atoms with Crippen molar-refractivity contribution in [1.82, 2.24) is 0 Å². The number of esters is 1. The number of benzene rings is 1. The van der Waals surface area contributed by atoms with E-state index in [9.17, 15) is 4.79 Å². The minimum absolute atomic E-state index is 0.422. The van der Waals surface area contributed by atoms with Crippen molar-refractivity contribution in [2.45, 2.75) is 0 Å². The van der Waals surface area contributed by atoms with Crippen LogP contribution in [0.1, 0.15) is 5.56 Å². The van der Waals surface area contributed by atoms with Gasteiger partial charge in [0, 0.05) is 5.56 Å². The van der Waals surface area contributed by atoms with Crippen LogP contribution in [-0.4, -0.2) is 13.1 Å². The highest BCUT2D eigenvalue weighted by Crippen LogP contribution is 2.26. The third-order valence-electron chi connectivity index (χ3n) is 2.04. The predicted octanol–water partition coefficient (Wildman–Crippen LogP) is 2.15. The Hall–Kier alpha value is -2.03. The summed E-state index contributed by atoms with van der Waals surface area (Å²) in [4.78, 5) is 11.0. The van der Waals surface area contributed by atoms with E-state index in [1.807, 2.05) is 30.3 Å². The van der Waals surface area contributed by atoms with Gasteiger partial charge in [0.15, 0.2) is 0 Å². The second-order valence-corrected chi connectivity index (χ2v) is 3.04. The lowest BCUT2D eigenvalue weighted by Gasteiger charge is -2.13. The summed E-state index contributed by atoms with van der Waals surface area (Å²) < 4.78 is 9.99. The Labute approximate surface area is 87.6 Å². The number of ether oxygens (including phenoxy) is 2. The standard InChI is InChI=1S/C12H10O3/c1-14-12(13)8-10-7-6-9-4-2-3-5-11(9)15-10/h2-8H,1H3/b10-8-. The molecule has 15 heavy (non-hydrogen) atoms. The molecule has 0 aromatic heterocycles. The fraction of sp³-hybridized carbons (Fsp3) is 0.0833. The van der Waals surface area contributed by atoms with Crippen LogP contribution in [0.15, 0.2) is 42.2 Å². The molecule has 0 fully saturated rings. The quantitative estimate of drug-likeness (QED) is 0.517. The average Bonchev–Trinajstić information content (AvgIpc) is 2.29. The minimum Gasteiger partial charge on any atom is -0.466 e. The molecule has 0 unspecified atom stereocenters. The smallest absolute Gasteiger partial charge is 0.334 e. The number of para-hydroxylation sites is 1. The summed E-state index contributed by atoms with van der Waals surface area (Å²) in [6.45, 7) is 0. The maximum atomic E-state index is 11.0. The summed E-state index contributed by atoms with van der Waals surface area (Å²) in [6.07, 6.45) is 4.94. The van der Waals surface area contributed by atoms with Crippen LogP contribution in [0.25, 0.3) is 6.08 Å². The van der Waals surface area contributed by atoms with Crippen LogP contribution in [0.3, 0.4) is 0 Å². The van der Waals surface area contributed by atoms with Gasteiger partial charge in [-0.15, -0.1) is 0 Å². The van der Waals surface area contributed by atoms with Gasteiger partial charge in [0.1, 0.15) is 11.5 Å². The van der Waals surface area contributed by atoms with Gasteiger partial charge in [-0.05, 0) is 18.2 Å². The van der Waals surface area contributed by atoms with Gasteiger partial charge in [0.2, 0.25) is 0 Å². The Balaban J connectivity index is 2.26. The highest BCUT2D eigenvalue weighted by molar-refractivity contribution is 5.83. The Morgan fingerprint density at radius 3 is 2.93 bits per heavy atom. The third kappa shape index (κ3) is 2.07. The number of carbonyl (C=O) groups is 1. The Morgan fingerprint density at radius 2 is 2.13 bits per heavy atom. The molecule has 0 bridgehead atoms. The average molecular weight is 202 g/mol. The van der Waals surface area contributed by atoms with E-state index in [1.165, 1.54) is 13.2 Å². The lowest BCUT2D eigenvalue weighted by atomic mass is 10.1. The molecule has 1 heterocycles. The number of hydrogen-bond acceptors (Lipinski definition) is 3. The van der Waals surface area contributed by atoms with Crippen molar-refractivity contribution < 1.29 is 14.3 Å². The first-order chi connectivity index (χ1) is 7.29. The molecule has 0 saturated heterocycles. The largest absolute Gasteiger partial charge is 0.466 e. The van der Waals surface area contributed by atoms with Crippen LogP contribution in [0.2, 0.25) is 0 Å². The lowest BCUT2D eigenvalue weighted by molar-refractivity contribution is -0.134. The predicted molar refractivity (Wildman–Crippen MR) is 56.2 cm³/mol.